The minimum absolute atomic E-state index is 0.187. The van der Waals surface area contributed by atoms with Gasteiger partial charge in [-0.1, -0.05) is 6.07 Å². The zero-order chi connectivity index (χ0) is 23.6. The van der Waals surface area contributed by atoms with Gasteiger partial charge >= 0.3 is 12.1 Å². The first-order chi connectivity index (χ1) is 14.1. The first-order valence-corrected chi connectivity index (χ1v) is 11.0. The van der Waals surface area contributed by atoms with E-state index in [4.69, 9.17) is 9.47 Å². The molecule has 170 valence electrons. The van der Waals surface area contributed by atoms with E-state index in [1.165, 1.54) is 37.4 Å². The Balaban J connectivity index is 2.27. The monoisotopic (exact) mass is 459 g/mol. The molecule has 2 rings (SSSR count). The highest BCUT2D eigenvalue weighted by atomic mass is 32.2. The Morgan fingerprint density at radius 3 is 2.10 bits per heavy atom. The maximum atomic E-state index is 13.1. The molecule has 31 heavy (non-hydrogen) atoms. The normalized spacial score (nSPS) is 12.4. The predicted molar refractivity (Wildman–Crippen MR) is 111 cm³/mol. The molecule has 0 saturated carbocycles. The van der Waals surface area contributed by atoms with Crippen LogP contribution in [0.5, 0.6) is 5.75 Å². The molecule has 0 bridgehead atoms. The standard InChI is InChI=1S/C21H24F3NO5S/c1-20(2,3)30-19(26)18-12-15(21(22,23)24)7-6-14(18)13-29-17-10-8-16(9-11-17)25(4)31(5,27)28/h6-12H,13H2,1-5H3. The van der Waals surface area contributed by atoms with Gasteiger partial charge in [0, 0.05) is 12.6 Å². The molecule has 10 heteroatoms. The second-order valence-electron chi connectivity index (χ2n) is 7.88. The number of carbonyl (C=O) groups excluding carboxylic acids is 1. The third-order valence-corrected chi connectivity index (χ3v) is 5.35. The van der Waals surface area contributed by atoms with E-state index in [0.29, 0.717) is 11.4 Å². The largest absolute Gasteiger partial charge is 0.489 e. The van der Waals surface area contributed by atoms with Crippen LogP contribution in [0.1, 0.15) is 42.3 Å². The Bertz CT molecular complexity index is 1040. The van der Waals surface area contributed by atoms with Crippen molar-refractivity contribution in [1.29, 1.82) is 0 Å². The van der Waals surface area contributed by atoms with E-state index < -0.39 is 33.3 Å². The van der Waals surface area contributed by atoms with Crippen LogP contribution in [-0.4, -0.2) is 33.3 Å². The Hall–Kier alpha value is -2.75. The Kier molecular flexibility index (Phi) is 6.94. The van der Waals surface area contributed by atoms with Crippen LogP contribution in [0.4, 0.5) is 18.9 Å². The lowest BCUT2D eigenvalue weighted by Crippen LogP contribution is -2.25. The minimum atomic E-state index is -4.61. The number of sulfonamides is 1. The lowest BCUT2D eigenvalue weighted by molar-refractivity contribution is -0.137. The van der Waals surface area contributed by atoms with Gasteiger partial charge in [-0.15, -0.1) is 0 Å². The molecule has 0 fully saturated rings. The number of hydrogen-bond donors (Lipinski definition) is 0. The number of halogens is 3. The second-order valence-corrected chi connectivity index (χ2v) is 9.90. The Morgan fingerprint density at radius 1 is 1.03 bits per heavy atom. The third-order valence-electron chi connectivity index (χ3n) is 4.15. The third kappa shape index (κ3) is 6.88. The summed E-state index contributed by atoms with van der Waals surface area (Å²) in [5, 5.41) is 0. The molecule has 2 aromatic rings. The van der Waals surface area contributed by atoms with Gasteiger partial charge in [0.25, 0.3) is 0 Å². The number of carbonyl (C=O) groups is 1. The average Bonchev–Trinajstić information content (AvgIpc) is 2.63. The van der Waals surface area contributed by atoms with Crippen LogP contribution >= 0.6 is 0 Å². The van der Waals surface area contributed by atoms with E-state index in [2.05, 4.69) is 0 Å². The van der Waals surface area contributed by atoms with E-state index in [0.717, 1.165) is 22.7 Å². The van der Waals surface area contributed by atoms with Crippen LogP contribution in [0.15, 0.2) is 42.5 Å². The fourth-order valence-corrected chi connectivity index (χ4v) is 3.01. The molecular formula is C21H24F3NO5S. The summed E-state index contributed by atoms with van der Waals surface area (Å²) >= 11 is 0. The first-order valence-electron chi connectivity index (χ1n) is 9.18. The Morgan fingerprint density at radius 2 is 1.61 bits per heavy atom. The van der Waals surface area contributed by atoms with Gasteiger partial charge in [0.2, 0.25) is 10.0 Å². The van der Waals surface area contributed by atoms with Crippen LogP contribution in [-0.2, 0) is 27.5 Å². The Labute approximate surface area is 179 Å². The highest BCUT2D eigenvalue weighted by molar-refractivity contribution is 7.92. The van der Waals surface area contributed by atoms with Crippen LogP contribution in [0, 0.1) is 0 Å². The molecule has 0 aliphatic carbocycles. The molecule has 0 radical (unpaired) electrons. The molecule has 0 atom stereocenters. The molecule has 0 aliphatic rings. The lowest BCUT2D eigenvalue weighted by Gasteiger charge is -2.21. The summed E-state index contributed by atoms with van der Waals surface area (Å²) in [4.78, 5) is 12.5. The quantitative estimate of drug-likeness (QED) is 0.589. The SMILES string of the molecule is CN(c1ccc(OCc2ccc(C(F)(F)F)cc2C(=O)OC(C)(C)C)cc1)S(C)(=O)=O. The van der Waals surface area contributed by atoms with Crippen molar-refractivity contribution in [1.82, 2.24) is 0 Å². The molecule has 0 aliphatic heterocycles. The average molecular weight is 459 g/mol. The van der Waals surface area contributed by atoms with Crippen LogP contribution < -0.4 is 9.04 Å². The number of benzene rings is 2. The summed E-state index contributed by atoms with van der Waals surface area (Å²) in [7, 11) is -2.02. The molecule has 0 saturated heterocycles. The fraction of sp³-hybridized carbons (Fsp3) is 0.381. The first kappa shape index (κ1) is 24.5. The minimum Gasteiger partial charge on any atom is -0.489 e. The fourth-order valence-electron chi connectivity index (χ4n) is 2.51. The van der Waals surface area contributed by atoms with Crippen LogP contribution in [0.25, 0.3) is 0 Å². The number of anilines is 1. The van der Waals surface area contributed by atoms with Gasteiger partial charge in [0.05, 0.1) is 23.1 Å². The van der Waals surface area contributed by atoms with E-state index >= 15 is 0 Å². The molecular weight excluding hydrogens is 435 g/mol. The summed E-state index contributed by atoms with van der Waals surface area (Å²) in [5.74, 6) is -0.539. The number of alkyl halides is 3. The van der Waals surface area contributed by atoms with Gasteiger partial charge < -0.3 is 9.47 Å². The van der Waals surface area contributed by atoms with Crippen molar-refractivity contribution in [2.45, 2.75) is 39.2 Å². The van der Waals surface area contributed by atoms with Gasteiger partial charge in [-0.25, -0.2) is 13.2 Å². The van der Waals surface area contributed by atoms with Crippen molar-refractivity contribution in [3.05, 3.63) is 59.2 Å². The number of nitrogens with zero attached hydrogens (tertiary/aromatic N) is 1. The zero-order valence-electron chi connectivity index (χ0n) is 17.8. The number of hydrogen-bond acceptors (Lipinski definition) is 5. The van der Waals surface area contributed by atoms with Crippen LogP contribution in [0.2, 0.25) is 0 Å². The molecule has 0 amide bonds. The van der Waals surface area contributed by atoms with E-state index in [1.54, 1.807) is 20.8 Å². The highest BCUT2D eigenvalue weighted by Crippen LogP contribution is 2.31. The van der Waals surface area contributed by atoms with Crippen molar-refractivity contribution in [3.8, 4) is 5.75 Å². The zero-order valence-corrected chi connectivity index (χ0v) is 18.6. The summed E-state index contributed by atoms with van der Waals surface area (Å²) < 4.78 is 74.4. The number of esters is 1. The molecule has 2 aromatic carbocycles. The molecule has 0 aromatic heterocycles. The predicted octanol–water partition coefficient (Wildman–Crippen LogP) is 4.64. The van der Waals surface area contributed by atoms with Crippen molar-refractivity contribution in [2.75, 3.05) is 17.6 Å². The van der Waals surface area contributed by atoms with Crippen LogP contribution in [0.3, 0.4) is 0 Å². The number of rotatable bonds is 6. The van der Waals surface area contributed by atoms with Gasteiger partial charge in [-0.2, -0.15) is 13.2 Å². The van der Waals surface area contributed by atoms with Crippen molar-refractivity contribution in [3.63, 3.8) is 0 Å². The van der Waals surface area contributed by atoms with Gasteiger partial charge in [0.1, 0.15) is 18.0 Å². The molecule has 0 spiro atoms. The van der Waals surface area contributed by atoms with E-state index in [1.807, 2.05) is 0 Å². The van der Waals surface area contributed by atoms with E-state index in [9.17, 15) is 26.4 Å². The lowest BCUT2D eigenvalue weighted by atomic mass is 10.0. The molecule has 0 unspecified atom stereocenters. The molecule has 6 nitrogen and oxygen atoms in total. The van der Waals surface area contributed by atoms with Gasteiger partial charge in [0.15, 0.2) is 0 Å². The highest BCUT2D eigenvalue weighted by Gasteiger charge is 2.32. The maximum Gasteiger partial charge on any atom is 0.416 e. The summed E-state index contributed by atoms with van der Waals surface area (Å²) in [5.41, 5.74) is -1.45. The second kappa shape index (κ2) is 8.78. The summed E-state index contributed by atoms with van der Waals surface area (Å²) in [6.45, 7) is 4.66. The maximum absolute atomic E-state index is 13.1. The van der Waals surface area contributed by atoms with E-state index in [-0.39, 0.29) is 17.7 Å². The van der Waals surface area contributed by atoms with Crippen molar-refractivity contribution in [2.24, 2.45) is 0 Å². The summed E-state index contributed by atoms with van der Waals surface area (Å²) in [6, 6.07) is 8.89. The van der Waals surface area contributed by atoms with Gasteiger partial charge in [-0.05, 0) is 57.2 Å². The molecule has 0 N–H and O–H groups in total. The number of ether oxygens (including phenoxy) is 2. The topological polar surface area (TPSA) is 72.9 Å². The van der Waals surface area contributed by atoms with Crippen molar-refractivity contribution >= 4 is 21.7 Å². The molecule has 0 heterocycles. The smallest absolute Gasteiger partial charge is 0.416 e. The van der Waals surface area contributed by atoms with Crippen molar-refractivity contribution < 1.29 is 35.9 Å². The summed E-state index contributed by atoms with van der Waals surface area (Å²) in [6.07, 6.45) is -3.54. The van der Waals surface area contributed by atoms with Gasteiger partial charge in [-0.3, -0.25) is 4.31 Å².